The molecule has 0 bridgehead atoms. The molecular weight excluding hydrogens is 186 g/mol. The second kappa shape index (κ2) is 4.77. The Balaban J connectivity index is 2.20. The zero-order valence-corrected chi connectivity index (χ0v) is 9.33. The van der Waals surface area contributed by atoms with E-state index in [1.54, 1.807) is 7.11 Å². The number of aryl methyl sites for hydroxylation is 2. The molecule has 0 saturated carbocycles. The van der Waals surface area contributed by atoms with E-state index in [0.29, 0.717) is 6.61 Å². The van der Waals surface area contributed by atoms with Crippen LogP contribution in [0.4, 0.5) is 0 Å². The molecule has 2 N–H and O–H groups in total. The molecule has 1 aliphatic rings. The Bertz CT molecular complexity index is 335. The lowest BCUT2D eigenvalue weighted by Gasteiger charge is -2.18. The molecule has 0 aliphatic heterocycles. The van der Waals surface area contributed by atoms with Gasteiger partial charge in [-0.2, -0.15) is 0 Å². The van der Waals surface area contributed by atoms with Gasteiger partial charge in [0.25, 0.3) is 0 Å². The van der Waals surface area contributed by atoms with E-state index in [9.17, 15) is 0 Å². The van der Waals surface area contributed by atoms with Crippen LogP contribution >= 0.6 is 0 Å². The monoisotopic (exact) mass is 205 g/mol. The van der Waals surface area contributed by atoms with E-state index in [4.69, 9.17) is 10.5 Å². The Morgan fingerprint density at radius 2 is 2.00 bits per heavy atom. The average Bonchev–Trinajstić information content (AvgIpc) is 2.29. The highest BCUT2D eigenvalue weighted by Crippen LogP contribution is 2.24. The van der Waals surface area contributed by atoms with Gasteiger partial charge in [-0.05, 0) is 42.4 Å². The number of ether oxygens (including phenoxy) is 1. The molecule has 0 spiro atoms. The number of hydrogen-bond acceptors (Lipinski definition) is 2. The molecule has 1 unspecified atom stereocenters. The van der Waals surface area contributed by atoms with Crippen LogP contribution in [-0.4, -0.2) is 13.7 Å². The first-order chi connectivity index (χ1) is 7.31. The summed E-state index contributed by atoms with van der Waals surface area (Å²) in [6.45, 7) is 0.596. The summed E-state index contributed by atoms with van der Waals surface area (Å²) in [5.41, 5.74) is 10.2. The largest absolute Gasteiger partial charge is 0.383 e. The summed E-state index contributed by atoms with van der Waals surface area (Å²) in [6.07, 6.45) is 5.09. The molecule has 0 radical (unpaired) electrons. The summed E-state index contributed by atoms with van der Waals surface area (Å²) < 4.78 is 5.08. The lowest BCUT2D eigenvalue weighted by Crippen LogP contribution is -2.17. The molecular formula is C13H19NO. The van der Waals surface area contributed by atoms with Crippen molar-refractivity contribution in [2.45, 2.75) is 31.7 Å². The standard InChI is InChI=1S/C13H19NO/c1-15-9-13(14)12-7-6-10-4-2-3-5-11(10)8-12/h6-8,13H,2-5,9,14H2,1H3. The highest BCUT2D eigenvalue weighted by Gasteiger charge is 2.12. The summed E-state index contributed by atoms with van der Waals surface area (Å²) in [6, 6.07) is 6.66. The topological polar surface area (TPSA) is 35.2 Å². The summed E-state index contributed by atoms with van der Waals surface area (Å²) >= 11 is 0. The third kappa shape index (κ3) is 2.39. The second-order valence-corrected chi connectivity index (χ2v) is 4.30. The molecule has 1 aliphatic carbocycles. The van der Waals surface area contributed by atoms with Gasteiger partial charge in [-0.1, -0.05) is 18.2 Å². The van der Waals surface area contributed by atoms with Crippen molar-refractivity contribution in [1.29, 1.82) is 0 Å². The van der Waals surface area contributed by atoms with Gasteiger partial charge in [-0.3, -0.25) is 0 Å². The molecule has 1 aromatic rings. The Morgan fingerprint density at radius 1 is 1.27 bits per heavy atom. The van der Waals surface area contributed by atoms with Crippen molar-refractivity contribution in [2.24, 2.45) is 5.73 Å². The molecule has 15 heavy (non-hydrogen) atoms. The minimum atomic E-state index is 0.0160. The number of benzene rings is 1. The third-order valence-corrected chi connectivity index (χ3v) is 3.15. The van der Waals surface area contributed by atoms with Crippen LogP contribution in [0.1, 0.15) is 35.6 Å². The first-order valence-electron chi connectivity index (χ1n) is 5.67. The number of fused-ring (bicyclic) bond motifs is 1. The van der Waals surface area contributed by atoms with Gasteiger partial charge in [0, 0.05) is 7.11 Å². The maximum atomic E-state index is 6.01. The van der Waals surface area contributed by atoms with E-state index >= 15 is 0 Å². The van der Waals surface area contributed by atoms with E-state index in [2.05, 4.69) is 18.2 Å². The van der Waals surface area contributed by atoms with E-state index in [-0.39, 0.29) is 6.04 Å². The fourth-order valence-corrected chi connectivity index (χ4v) is 2.26. The van der Waals surface area contributed by atoms with Crippen LogP contribution in [0, 0.1) is 0 Å². The van der Waals surface area contributed by atoms with Crippen molar-refractivity contribution in [3.8, 4) is 0 Å². The Morgan fingerprint density at radius 3 is 2.73 bits per heavy atom. The van der Waals surface area contributed by atoms with Crippen LogP contribution in [-0.2, 0) is 17.6 Å². The second-order valence-electron chi connectivity index (χ2n) is 4.30. The maximum Gasteiger partial charge on any atom is 0.0655 e. The van der Waals surface area contributed by atoms with Crippen molar-refractivity contribution in [3.05, 3.63) is 34.9 Å². The molecule has 1 atom stereocenters. The number of hydrogen-bond donors (Lipinski definition) is 1. The lowest BCUT2D eigenvalue weighted by molar-refractivity contribution is 0.181. The normalized spacial score (nSPS) is 17.2. The van der Waals surface area contributed by atoms with Gasteiger partial charge in [0.15, 0.2) is 0 Å². The molecule has 0 amide bonds. The van der Waals surface area contributed by atoms with Gasteiger partial charge in [0.2, 0.25) is 0 Å². The van der Waals surface area contributed by atoms with Crippen molar-refractivity contribution < 1.29 is 4.74 Å². The van der Waals surface area contributed by atoms with E-state index in [0.717, 1.165) is 0 Å². The highest BCUT2D eigenvalue weighted by molar-refractivity contribution is 5.35. The Hall–Kier alpha value is -0.860. The Kier molecular flexibility index (Phi) is 3.39. The molecule has 82 valence electrons. The zero-order valence-electron chi connectivity index (χ0n) is 9.33. The van der Waals surface area contributed by atoms with Crippen LogP contribution in [0.3, 0.4) is 0 Å². The average molecular weight is 205 g/mol. The molecule has 1 aromatic carbocycles. The summed E-state index contributed by atoms with van der Waals surface area (Å²) in [5.74, 6) is 0. The minimum Gasteiger partial charge on any atom is -0.383 e. The van der Waals surface area contributed by atoms with Crippen molar-refractivity contribution >= 4 is 0 Å². The lowest BCUT2D eigenvalue weighted by atomic mass is 9.89. The van der Waals surface area contributed by atoms with Crippen LogP contribution in [0.5, 0.6) is 0 Å². The van der Waals surface area contributed by atoms with Crippen LogP contribution < -0.4 is 5.73 Å². The smallest absolute Gasteiger partial charge is 0.0655 e. The van der Waals surface area contributed by atoms with E-state index in [1.165, 1.54) is 42.4 Å². The molecule has 0 saturated heterocycles. The fourth-order valence-electron chi connectivity index (χ4n) is 2.26. The van der Waals surface area contributed by atoms with Crippen LogP contribution in [0.25, 0.3) is 0 Å². The van der Waals surface area contributed by atoms with Gasteiger partial charge in [-0.15, -0.1) is 0 Å². The first-order valence-corrected chi connectivity index (χ1v) is 5.67. The van der Waals surface area contributed by atoms with Gasteiger partial charge in [0.1, 0.15) is 0 Å². The third-order valence-electron chi connectivity index (χ3n) is 3.15. The molecule has 2 rings (SSSR count). The van der Waals surface area contributed by atoms with E-state index < -0.39 is 0 Å². The van der Waals surface area contributed by atoms with Gasteiger partial charge < -0.3 is 10.5 Å². The van der Waals surface area contributed by atoms with Crippen molar-refractivity contribution in [1.82, 2.24) is 0 Å². The predicted octanol–water partition coefficient (Wildman–Crippen LogP) is 2.21. The Labute approximate surface area is 91.4 Å². The first kappa shape index (κ1) is 10.7. The number of methoxy groups -OCH3 is 1. The maximum absolute atomic E-state index is 6.01. The molecule has 2 nitrogen and oxygen atoms in total. The van der Waals surface area contributed by atoms with Crippen molar-refractivity contribution in [2.75, 3.05) is 13.7 Å². The summed E-state index contributed by atoms with van der Waals surface area (Å²) in [5, 5.41) is 0. The predicted molar refractivity (Wildman–Crippen MR) is 61.9 cm³/mol. The van der Waals surface area contributed by atoms with Crippen LogP contribution in [0.2, 0.25) is 0 Å². The number of nitrogens with two attached hydrogens (primary N) is 1. The van der Waals surface area contributed by atoms with Crippen molar-refractivity contribution in [3.63, 3.8) is 0 Å². The van der Waals surface area contributed by atoms with Gasteiger partial charge >= 0.3 is 0 Å². The molecule has 0 heterocycles. The van der Waals surface area contributed by atoms with Gasteiger partial charge in [-0.25, -0.2) is 0 Å². The molecule has 0 fully saturated rings. The highest BCUT2D eigenvalue weighted by atomic mass is 16.5. The molecule has 0 aromatic heterocycles. The summed E-state index contributed by atoms with van der Waals surface area (Å²) in [4.78, 5) is 0. The van der Waals surface area contributed by atoms with E-state index in [1.807, 2.05) is 0 Å². The molecule has 2 heteroatoms. The van der Waals surface area contributed by atoms with Gasteiger partial charge in [0.05, 0.1) is 12.6 Å². The number of rotatable bonds is 3. The summed E-state index contributed by atoms with van der Waals surface area (Å²) in [7, 11) is 1.69. The SMILES string of the molecule is COCC(N)c1ccc2c(c1)CCCC2. The quantitative estimate of drug-likeness (QED) is 0.821. The minimum absolute atomic E-state index is 0.0160. The fraction of sp³-hybridized carbons (Fsp3) is 0.538. The van der Waals surface area contributed by atoms with Crippen LogP contribution in [0.15, 0.2) is 18.2 Å². The zero-order chi connectivity index (χ0) is 10.7.